The first-order valence-electron chi connectivity index (χ1n) is 5.65. The van der Waals surface area contributed by atoms with Gasteiger partial charge in [0.05, 0.1) is 6.20 Å². The van der Waals surface area contributed by atoms with Crippen LogP contribution in [-0.2, 0) is 13.1 Å². The highest BCUT2D eigenvalue weighted by molar-refractivity contribution is 5.53. The first-order chi connectivity index (χ1) is 8.74. The van der Waals surface area contributed by atoms with Crippen molar-refractivity contribution in [2.45, 2.75) is 13.1 Å². The lowest BCUT2D eigenvalue weighted by Gasteiger charge is -1.90. The number of carbonyl (C=O) groups is 1. The third kappa shape index (κ3) is 2.45. The third-order valence-electron chi connectivity index (χ3n) is 2.50. The Kier molecular flexibility index (Phi) is 3.52. The minimum Gasteiger partial charge on any atom is -0.307 e. The maximum absolute atomic E-state index is 12.1. The van der Waals surface area contributed by atoms with E-state index in [4.69, 9.17) is 0 Å². The first kappa shape index (κ1) is 12.0. The summed E-state index contributed by atoms with van der Waals surface area (Å²) in [4.78, 5) is 12.1. The summed E-state index contributed by atoms with van der Waals surface area (Å²) in [5.41, 5.74) is 0. The number of carbonyl (C=O) groups excluding carboxylic acids is 1. The zero-order valence-electron chi connectivity index (χ0n) is 10.1. The molecular formula is C13H16N4O+2. The number of hydrogen-bond donors (Lipinski definition) is 0. The molecule has 0 aromatic carbocycles. The molecule has 0 N–H and O–H groups in total. The van der Waals surface area contributed by atoms with Crippen LogP contribution in [-0.4, -0.2) is 15.2 Å². The van der Waals surface area contributed by atoms with Gasteiger partial charge in [-0.2, -0.15) is 4.79 Å². The fourth-order valence-electron chi connectivity index (χ4n) is 1.66. The van der Waals surface area contributed by atoms with Crippen molar-refractivity contribution < 1.29 is 13.9 Å². The third-order valence-corrected chi connectivity index (χ3v) is 2.50. The number of hydrogen-bond acceptors (Lipinski definition) is 1. The normalized spacial score (nSPS) is 10.2. The van der Waals surface area contributed by atoms with Crippen LogP contribution in [0.15, 0.2) is 62.8 Å². The van der Waals surface area contributed by atoms with Crippen molar-refractivity contribution in [1.82, 2.24) is 9.13 Å². The van der Waals surface area contributed by atoms with Crippen molar-refractivity contribution >= 4 is 6.03 Å². The Morgan fingerprint density at radius 3 is 1.83 bits per heavy atom. The fraction of sp³-hybridized carbons (Fsp3) is 0.154. The Morgan fingerprint density at radius 2 is 1.44 bits per heavy atom. The van der Waals surface area contributed by atoms with Crippen molar-refractivity contribution in [3.8, 4) is 0 Å². The number of allylic oxidation sites excluding steroid dienone is 2. The Balaban J connectivity index is 2.18. The smallest absolute Gasteiger partial charge is 0.307 e. The highest BCUT2D eigenvalue weighted by atomic mass is 16.2. The molecule has 2 aromatic heterocycles. The van der Waals surface area contributed by atoms with Gasteiger partial charge in [-0.05, 0) is 6.08 Å². The molecule has 2 heterocycles. The van der Waals surface area contributed by atoms with Gasteiger partial charge in [0.25, 0.3) is 0 Å². The molecule has 0 aliphatic carbocycles. The van der Waals surface area contributed by atoms with Gasteiger partial charge in [0.15, 0.2) is 12.4 Å². The molecule has 0 radical (unpaired) electrons. The van der Waals surface area contributed by atoms with Crippen molar-refractivity contribution in [3.63, 3.8) is 0 Å². The topological polar surface area (TPSA) is 34.7 Å². The summed E-state index contributed by atoms with van der Waals surface area (Å²) in [5, 5.41) is 0. The second-order valence-corrected chi connectivity index (χ2v) is 3.90. The summed E-state index contributed by atoms with van der Waals surface area (Å²) in [5.74, 6) is 0. The van der Waals surface area contributed by atoms with Crippen molar-refractivity contribution in [3.05, 3.63) is 62.8 Å². The molecule has 0 saturated heterocycles. The Morgan fingerprint density at radius 1 is 1.00 bits per heavy atom. The monoisotopic (exact) mass is 244 g/mol. The van der Waals surface area contributed by atoms with Gasteiger partial charge in [-0.15, -0.1) is 11.1 Å². The van der Waals surface area contributed by atoms with E-state index in [1.807, 2.05) is 21.5 Å². The number of imidazole rings is 2. The number of aromatic nitrogens is 4. The van der Waals surface area contributed by atoms with Crippen LogP contribution in [0.25, 0.3) is 0 Å². The van der Waals surface area contributed by atoms with Crippen LogP contribution in [0.4, 0.5) is 4.79 Å². The molecule has 0 fully saturated rings. The van der Waals surface area contributed by atoms with E-state index in [1.54, 1.807) is 37.2 Å². The minimum absolute atomic E-state index is 0.124. The summed E-state index contributed by atoms with van der Waals surface area (Å²) in [6, 6.07) is -0.124. The van der Waals surface area contributed by atoms with Gasteiger partial charge >= 0.3 is 12.4 Å². The average Bonchev–Trinajstić information content (AvgIpc) is 2.98. The van der Waals surface area contributed by atoms with E-state index >= 15 is 0 Å². The predicted molar refractivity (Wildman–Crippen MR) is 65.8 cm³/mol. The summed E-state index contributed by atoms with van der Waals surface area (Å²) in [6.07, 6.45) is 14.2. The second kappa shape index (κ2) is 5.27. The minimum atomic E-state index is -0.124. The lowest BCUT2D eigenvalue weighted by Crippen LogP contribution is -2.58. The van der Waals surface area contributed by atoms with Gasteiger partial charge < -0.3 is 4.57 Å². The van der Waals surface area contributed by atoms with Crippen LogP contribution >= 0.6 is 0 Å². The molecular weight excluding hydrogens is 228 g/mol. The molecule has 0 aliphatic heterocycles. The van der Waals surface area contributed by atoms with Crippen molar-refractivity contribution in [1.29, 1.82) is 0 Å². The molecule has 2 aromatic rings. The standard InChI is InChI=1S/C13H16N4O/c1-3-5-14-7-9-16(11-14)13(18)17-10-8-15(12-17)6-4-2/h3-4,7-12H,1-2,5-6H2/q+2. The van der Waals surface area contributed by atoms with Crippen LogP contribution in [0.3, 0.4) is 0 Å². The Hall–Kier alpha value is -2.43. The van der Waals surface area contributed by atoms with Crippen molar-refractivity contribution in [2.24, 2.45) is 0 Å². The maximum atomic E-state index is 12.1. The Labute approximate surface area is 106 Å². The summed E-state index contributed by atoms with van der Waals surface area (Å²) in [6.45, 7) is 8.68. The van der Waals surface area contributed by atoms with Crippen molar-refractivity contribution in [2.75, 3.05) is 0 Å². The highest BCUT2D eigenvalue weighted by Crippen LogP contribution is 1.87. The van der Waals surface area contributed by atoms with Gasteiger partial charge in [0, 0.05) is 6.54 Å². The molecule has 18 heavy (non-hydrogen) atoms. The van der Waals surface area contributed by atoms with E-state index < -0.39 is 0 Å². The van der Waals surface area contributed by atoms with Gasteiger partial charge in [0.2, 0.25) is 6.33 Å². The van der Waals surface area contributed by atoms with E-state index in [1.165, 1.54) is 9.13 Å². The molecule has 5 nitrogen and oxygen atoms in total. The molecule has 0 saturated carbocycles. The zero-order chi connectivity index (χ0) is 13.0. The molecule has 2 rings (SSSR count). The lowest BCUT2D eigenvalue weighted by molar-refractivity contribution is -0.720. The van der Waals surface area contributed by atoms with E-state index in [-0.39, 0.29) is 6.03 Å². The number of rotatable bonds is 4. The van der Waals surface area contributed by atoms with E-state index in [9.17, 15) is 4.79 Å². The summed E-state index contributed by atoms with van der Waals surface area (Å²) in [7, 11) is 0. The summed E-state index contributed by atoms with van der Waals surface area (Å²) < 4.78 is 6.82. The van der Waals surface area contributed by atoms with Crippen LogP contribution in [0.1, 0.15) is 0 Å². The highest BCUT2D eigenvalue weighted by Gasteiger charge is 2.23. The largest absolute Gasteiger partial charge is 0.570 e. The van der Waals surface area contributed by atoms with Crippen LogP contribution in [0.2, 0.25) is 0 Å². The Bertz CT molecular complexity index is 529. The molecule has 92 valence electrons. The second-order valence-electron chi connectivity index (χ2n) is 3.90. The van der Waals surface area contributed by atoms with Gasteiger partial charge in [0.1, 0.15) is 12.7 Å². The molecule has 0 atom stereocenters. The zero-order valence-corrected chi connectivity index (χ0v) is 10.1. The van der Waals surface area contributed by atoms with Gasteiger partial charge in [-0.3, -0.25) is 0 Å². The van der Waals surface area contributed by atoms with E-state index in [0.29, 0.717) is 13.1 Å². The SMILES string of the molecule is C=CCn1cc[n+](C(=O)[n+]2ccn(CC=C)c2)c1. The molecule has 0 aliphatic rings. The quantitative estimate of drug-likeness (QED) is 0.577. The molecule has 5 heteroatoms. The predicted octanol–water partition coefficient (Wildman–Crippen LogP) is 0.753. The fourth-order valence-corrected chi connectivity index (χ4v) is 1.66. The first-order valence-corrected chi connectivity index (χ1v) is 5.65. The number of nitrogens with zero attached hydrogens (tertiary/aromatic N) is 4. The van der Waals surface area contributed by atoms with Crippen LogP contribution in [0.5, 0.6) is 0 Å². The molecule has 0 bridgehead atoms. The van der Waals surface area contributed by atoms with Gasteiger partial charge in [-0.25, -0.2) is 4.57 Å². The van der Waals surface area contributed by atoms with Gasteiger partial charge in [-0.1, -0.05) is 17.2 Å². The van der Waals surface area contributed by atoms with Crippen LogP contribution in [0, 0.1) is 0 Å². The molecule has 0 unspecified atom stereocenters. The van der Waals surface area contributed by atoms with E-state index in [2.05, 4.69) is 13.2 Å². The lowest BCUT2D eigenvalue weighted by atomic mass is 10.6. The molecule has 0 spiro atoms. The maximum Gasteiger partial charge on any atom is 0.570 e. The molecule has 0 amide bonds. The van der Waals surface area contributed by atoms with E-state index in [0.717, 1.165) is 0 Å². The average molecular weight is 244 g/mol. The summed E-state index contributed by atoms with van der Waals surface area (Å²) >= 11 is 0. The van der Waals surface area contributed by atoms with Crippen LogP contribution < -0.4 is 9.13 Å².